The lowest BCUT2D eigenvalue weighted by molar-refractivity contribution is 0.137. The first kappa shape index (κ1) is 8.06. The van der Waals surface area contributed by atoms with Crippen molar-refractivity contribution in [2.24, 2.45) is 17.8 Å². The van der Waals surface area contributed by atoms with Crippen LogP contribution in [0.3, 0.4) is 0 Å². The summed E-state index contributed by atoms with van der Waals surface area (Å²) in [4.78, 5) is 0. The summed E-state index contributed by atoms with van der Waals surface area (Å²) in [7, 11) is 0. The minimum Gasteiger partial charge on any atom is -0.393 e. The molecule has 0 saturated heterocycles. The molecule has 0 spiro atoms. The molecule has 0 amide bonds. The molecule has 0 bridgehead atoms. The zero-order valence-electron chi connectivity index (χ0n) is 7.17. The van der Waals surface area contributed by atoms with Crippen LogP contribution in [0.2, 0.25) is 0 Å². The van der Waals surface area contributed by atoms with Gasteiger partial charge in [-0.15, -0.1) is 0 Å². The fraction of sp³-hybridized carbons (Fsp3) is 1.00. The van der Waals surface area contributed by atoms with Crippen molar-refractivity contribution in [2.75, 3.05) is 0 Å². The zero-order valence-corrected chi connectivity index (χ0v) is 7.17. The molecule has 0 heterocycles. The highest BCUT2D eigenvalue weighted by molar-refractivity contribution is 4.81. The topological polar surface area (TPSA) is 20.2 Å². The Morgan fingerprint density at radius 1 is 1.30 bits per heavy atom. The van der Waals surface area contributed by atoms with Gasteiger partial charge in [-0.25, -0.2) is 0 Å². The summed E-state index contributed by atoms with van der Waals surface area (Å²) in [5.74, 6) is 2.05. The van der Waals surface area contributed by atoms with E-state index < -0.39 is 0 Å². The Kier molecular flexibility index (Phi) is 2.35. The van der Waals surface area contributed by atoms with Crippen LogP contribution in [0.15, 0.2) is 0 Å². The largest absolute Gasteiger partial charge is 0.393 e. The first-order valence-corrected chi connectivity index (χ1v) is 4.29. The van der Waals surface area contributed by atoms with E-state index in [4.69, 9.17) is 0 Å². The zero-order chi connectivity index (χ0) is 7.72. The van der Waals surface area contributed by atoms with Crippen molar-refractivity contribution in [1.82, 2.24) is 0 Å². The Hall–Kier alpha value is -0.0400. The van der Waals surface area contributed by atoms with E-state index in [0.717, 1.165) is 18.3 Å². The highest BCUT2D eigenvalue weighted by Gasteiger charge is 2.30. The molecule has 3 atom stereocenters. The highest BCUT2D eigenvalue weighted by Crippen LogP contribution is 2.35. The van der Waals surface area contributed by atoms with E-state index in [9.17, 15) is 5.11 Å². The van der Waals surface area contributed by atoms with Gasteiger partial charge in [0.1, 0.15) is 0 Å². The second-order valence-corrected chi connectivity index (χ2v) is 4.02. The van der Waals surface area contributed by atoms with Gasteiger partial charge in [0.25, 0.3) is 0 Å². The SMILES string of the molecule is CC(C)C1C[C@@H](C)[C@@H](O)C1. The van der Waals surface area contributed by atoms with Crippen molar-refractivity contribution >= 4 is 0 Å². The standard InChI is InChI=1S/C9H18O/c1-6(2)8-4-7(3)9(10)5-8/h6-10H,4-5H2,1-3H3/t7-,8?,9+/m1/s1. The molecule has 1 N–H and O–H groups in total. The van der Waals surface area contributed by atoms with Crippen LogP contribution in [0.25, 0.3) is 0 Å². The molecule has 0 radical (unpaired) electrons. The number of hydrogen-bond donors (Lipinski definition) is 1. The van der Waals surface area contributed by atoms with Gasteiger partial charge in [-0.2, -0.15) is 0 Å². The van der Waals surface area contributed by atoms with Crippen LogP contribution in [-0.4, -0.2) is 11.2 Å². The van der Waals surface area contributed by atoms with E-state index in [2.05, 4.69) is 20.8 Å². The van der Waals surface area contributed by atoms with E-state index in [0.29, 0.717) is 5.92 Å². The molecule has 1 rings (SSSR count). The number of hydrogen-bond acceptors (Lipinski definition) is 1. The fourth-order valence-electron chi connectivity index (χ4n) is 1.82. The quantitative estimate of drug-likeness (QED) is 0.594. The first-order valence-electron chi connectivity index (χ1n) is 4.29. The summed E-state index contributed by atoms with van der Waals surface area (Å²) in [5.41, 5.74) is 0. The van der Waals surface area contributed by atoms with E-state index in [1.807, 2.05) is 0 Å². The number of aliphatic hydroxyl groups is 1. The Morgan fingerprint density at radius 3 is 2.10 bits per heavy atom. The molecular formula is C9H18O. The molecule has 1 unspecified atom stereocenters. The Balaban J connectivity index is 2.41. The average molecular weight is 142 g/mol. The number of aliphatic hydroxyl groups excluding tert-OH is 1. The van der Waals surface area contributed by atoms with Crippen molar-refractivity contribution in [3.05, 3.63) is 0 Å². The van der Waals surface area contributed by atoms with Gasteiger partial charge >= 0.3 is 0 Å². The van der Waals surface area contributed by atoms with Gasteiger partial charge in [0, 0.05) is 0 Å². The first-order chi connectivity index (χ1) is 4.61. The average Bonchev–Trinajstić information content (AvgIpc) is 2.13. The van der Waals surface area contributed by atoms with Gasteiger partial charge in [0.15, 0.2) is 0 Å². The summed E-state index contributed by atoms with van der Waals surface area (Å²) in [6.45, 7) is 6.64. The molecule has 1 saturated carbocycles. The van der Waals surface area contributed by atoms with Crippen LogP contribution in [0, 0.1) is 17.8 Å². The van der Waals surface area contributed by atoms with E-state index in [-0.39, 0.29) is 6.10 Å². The van der Waals surface area contributed by atoms with Crippen LogP contribution in [0.5, 0.6) is 0 Å². The summed E-state index contributed by atoms with van der Waals surface area (Å²) in [5, 5.41) is 9.42. The molecule has 1 heteroatoms. The minimum absolute atomic E-state index is 0.0209. The van der Waals surface area contributed by atoms with E-state index >= 15 is 0 Å². The molecule has 1 nitrogen and oxygen atoms in total. The normalized spacial score (nSPS) is 41.1. The lowest BCUT2D eigenvalue weighted by atomic mass is 9.94. The maximum absolute atomic E-state index is 9.42. The lowest BCUT2D eigenvalue weighted by Gasteiger charge is -2.12. The monoisotopic (exact) mass is 142 g/mol. The Morgan fingerprint density at radius 2 is 1.90 bits per heavy atom. The fourth-order valence-corrected chi connectivity index (χ4v) is 1.82. The third-order valence-corrected chi connectivity index (χ3v) is 2.82. The second kappa shape index (κ2) is 2.91. The van der Waals surface area contributed by atoms with Gasteiger partial charge in [0.2, 0.25) is 0 Å². The van der Waals surface area contributed by atoms with Crippen LogP contribution in [0.1, 0.15) is 33.6 Å². The summed E-state index contributed by atoms with van der Waals surface area (Å²) in [6, 6.07) is 0. The number of rotatable bonds is 1. The van der Waals surface area contributed by atoms with Gasteiger partial charge in [-0.1, -0.05) is 20.8 Å². The summed E-state index contributed by atoms with van der Waals surface area (Å²) < 4.78 is 0. The second-order valence-electron chi connectivity index (χ2n) is 4.02. The Labute approximate surface area is 63.4 Å². The van der Waals surface area contributed by atoms with E-state index in [1.54, 1.807) is 0 Å². The van der Waals surface area contributed by atoms with Crippen molar-refractivity contribution in [2.45, 2.75) is 39.7 Å². The van der Waals surface area contributed by atoms with Crippen LogP contribution in [-0.2, 0) is 0 Å². The van der Waals surface area contributed by atoms with E-state index in [1.165, 1.54) is 6.42 Å². The van der Waals surface area contributed by atoms with Crippen molar-refractivity contribution in [3.8, 4) is 0 Å². The molecule has 10 heavy (non-hydrogen) atoms. The minimum atomic E-state index is -0.0209. The van der Waals surface area contributed by atoms with Crippen LogP contribution < -0.4 is 0 Å². The molecule has 0 aromatic carbocycles. The van der Waals surface area contributed by atoms with Gasteiger partial charge in [0.05, 0.1) is 6.10 Å². The highest BCUT2D eigenvalue weighted by atomic mass is 16.3. The van der Waals surface area contributed by atoms with Gasteiger partial charge in [-0.3, -0.25) is 0 Å². The van der Waals surface area contributed by atoms with Crippen molar-refractivity contribution in [3.63, 3.8) is 0 Å². The third-order valence-electron chi connectivity index (χ3n) is 2.82. The predicted octanol–water partition coefficient (Wildman–Crippen LogP) is 2.05. The van der Waals surface area contributed by atoms with Crippen molar-refractivity contribution < 1.29 is 5.11 Å². The molecule has 0 aromatic heterocycles. The molecule has 60 valence electrons. The third kappa shape index (κ3) is 1.51. The van der Waals surface area contributed by atoms with Gasteiger partial charge < -0.3 is 5.11 Å². The molecule has 1 aliphatic carbocycles. The molecular weight excluding hydrogens is 124 g/mol. The molecule has 1 aliphatic rings. The maximum atomic E-state index is 9.42. The maximum Gasteiger partial charge on any atom is 0.0568 e. The summed E-state index contributed by atoms with van der Waals surface area (Å²) in [6.07, 6.45) is 2.23. The van der Waals surface area contributed by atoms with Gasteiger partial charge in [-0.05, 0) is 30.6 Å². The Bertz CT molecular complexity index is 99.3. The summed E-state index contributed by atoms with van der Waals surface area (Å²) >= 11 is 0. The molecule has 0 aromatic rings. The lowest BCUT2D eigenvalue weighted by Crippen LogP contribution is -2.08. The molecule has 0 aliphatic heterocycles. The molecule has 1 fully saturated rings. The van der Waals surface area contributed by atoms with Crippen LogP contribution in [0.4, 0.5) is 0 Å². The van der Waals surface area contributed by atoms with Crippen LogP contribution >= 0.6 is 0 Å². The smallest absolute Gasteiger partial charge is 0.0568 e. The predicted molar refractivity (Wildman–Crippen MR) is 42.7 cm³/mol. The van der Waals surface area contributed by atoms with Crippen molar-refractivity contribution in [1.29, 1.82) is 0 Å².